The first-order valence-corrected chi connectivity index (χ1v) is 12.0. The normalized spacial score (nSPS) is 10.6. The number of phenolic OH excluding ortho intramolecular Hbond substituents is 2. The van der Waals surface area contributed by atoms with E-state index in [0.717, 1.165) is 12.1 Å². The van der Waals surface area contributed by atoms with Gasteiger partial charge in [-0.3, -0.25) is 20.2 Å². The first-order valence-electron chi connectivity index (χ1n) is 12.0. The first-order chi connectivity index (χ1) is 19.5. The highest BCUT2D eigenvalue weighted by molar-refractivity contribution is 5.92. The summed E-state index contributed by atoms with van der Waals surface area (Å²) >= 11 is 0. The van der Waals surface area contributed by atoms with Gasteiger partial charge in [-0.15, -0.1) is 0 Å². The summed E-state index contributed by atoms with van der Waals surface area (Å²) in [5.41, 5.74) is -1.40. The minimum Gasteiger partial charge on any atom is -0.502 e. The molecule has 0 radical (unpaired) electrons. The van der Waals surface area contributed by atoms with Crippen LogP contribution in [0, 0.1) is 34.1 Å². The van der Waals surface area contributed by atoms with Crippen LogP contribution in [0.4, 0.5) is 11.4 Å². The monoisotopic (exact) mass is 558 g/mol. The number of hydrogen-bond donors (Lipinski definition) is 2. The predicted molar refractivity (Wildman–Crippen MR) is 145 cm³/mol. The fourth-order valence-corrected chi connectivity index (χ4v) is 4.16. The van der Waals surface area contributed by atoms with Gasteiger partial charge < -0.3 is 19.7 Å². The fraction of sp³-hybridized carbons (Fsp3) is 0.103. The van der Waals surface area contributed by atoms with Crippen molar-refractivity contribution in [2.75, 3.05) is 0 Å². The van der Waals surface area contributed by atoms with Crippen molar-refractivity contribution < 1.29 is 39.1 Å². The Hall–Kier alpha value is -5.78. The molecule has 12 heteroatoms. The molecule has 4 aromatic rings. The number of nitro groups is 2. The Labute approximate surface area is 232 Å². The van der Waals surface area contributed by atoms with Crippen molar-refractivity contribution in [1.82, 2.24) is 0 Å². The topological polar surface area (TPSA) is 179 Å². The molecule has 41 heavy (non-hydrogen) atoms. The summed E-state index contributed by atoms with van der Waals surface area (Å²) < 4.78 is 11.1. The third kappa shape index (κ3) is 5.81. The Balaban J connectivity index is 1.88. The molecule has 0 saturated carbocycles. The number of nitrogens with zero attached hydrogens (tertiary/aromatic N) is 2. The summed E-state index contributed by atoms with van der Waals surface area (Å²) in [6.07, 6.45) is -0.390. The van der Waals surface area contributed by atoms with E-state index in [2.05, 4.69) is 0 Å². The molecule has 0 aliphatic heterocycles. The number of nitro benzene ring substituents is 2. The minimum absolute atomic E-state index is 0.0207. The fourth-order valence-electron chi connectivity index (χ4n) is 4.16. The lowest BCUT2D eigenvalue weighted by atomic mass is 9.96. The van der Waals surface area contributed by atoms with E-state index >= 15 is 0 Å². The quantitative estimate of drug-likeness (QED) is 0.120. The van der Waals surface area contributed by atoms with Crippen LogP contribution in [0.25, 0.3) is 0 Å². The van der Waals surface area contributed by atoms with Gasteiger partial charge in [-0.1, -0.05) is 36.4 Å². The van der Waals surface area contributed by atoms with E-state index in [4.69, 9.17) is 9.47 Å². The molecule has 2 N–H and O–H groups in total. The molecule has 0 amide bonds. The molecule has 208 valence electrons. The summed E-state index contributed by atoms with van der Waals surface area (Å²) in [4.78, 5) is 47.5. The van der Waals surface area contributed by atoms with Crippen molar-refractivity contribution in [1.29, 1.82) is 0 Å². The van der Waals surface area contributed by atoms with Crippen molar-refractivity contribution in [3.63, 3.8) is 0 Å². The van der Waals surface area contributed by atoms with Gasteiger partial charge in [0.2, 0.25) is 11.5 Å². The van der Waals surface area contributed by atoms with Crippen LogP contribution in [0.1, 0.15) is 43.0 Å². The van der Waals surface area contributed by atoms with E-state index in [9.17, 15) is 40.0 Å². The van der Waals surface area contributed by atoms with Crippen molar-refractivity contribution in [3.05, 3.63) is 126 Å². The number of esters is 2. The maximum absolute atomic E-state index is 12.9. The van der Waals surface area contributed by atoms with Crippen LogP contribution in [-0.2, 0) is 6.42 Å². The zero-order chi connectivity index (χ0) is 29.8. The number of phenols is 2. The maximum atomic E-state index is 12.9. The number of benzene rings is 4. The number of hydrogen-bond acceptors (Lipinski definition) is 10. The van der Waals surface area contributed by atoms with E-state index in [-0.39, 0.29) is 44.9 Å². The van der Waals surface area contributed by atoms with E-state index in [0.29, 0.717) is 0 Å². The van der Waals surface area contributed by atoms with Gasteiger partial charge >= 0.3 is 23.3 Å². The molecule has 4 aromatic carbocycles. The van der Waals surface area contributed by atoms with Gasteiger partial charge in [-0.05, 0) is 38.1 Å². The highest BCUT2D eigenvalue weighted by atomic mass is 16.6. The average molecular weight is 558 g/mol. The molecule has 0 aliphatic carbocycles. The Morgan fingerprint density at radius 3 is 1.34 bits per heavy atom. The third-order valence-electron chi connectivity index (χ3n) is 6.26. The van der Waals surface area contributed by atoms with Crippen LogP contribution in [0.5, 0.6) is 23.0 Å². The Morgan fingerprint density at radius 2 is 1.02 bits per heavy atom. The Bertz CT molecular complexity index is 1560. The van der Waals surface area contributed by atoms with Gasteiger partial charge in [0.15, 0.2) is 0 Å². The smallest absolute Gasteiger partial charge is 0.343 e. The molecular formula is C29H22N2O10. The predicted octanol–water partition coefficient (Wildman–Crippen LogP) is 5.56. The SMILES string of the molecule is Cc1c(O)c([N+](=O)[O-])cc(Cc2cc([N+](=O)[O-])c(O)c(C)c2OC(=O)c2ccccc2)c1OC(=O)c1ccccc1. The zero-order valence-electron chi connectivity index (χ0n) is 21.7. The van der Waals surface area contributed by atoms with Crippen LogP contribution in [0.3, 0.4) is 0 Å². The lowest BCUT2D eigenvalue weighted by molar-refractivity contribution is -0.386. The van der Waals surface area contributed by atoms with Crippen molar-refractivity contribution in [2.45, 2.75) is 20.3 Å². The van der Waals surface area contributed by atoms with Crippen LogP contribution in [0.15, 0.2) is 72.8 Å². The van der Waals surface area contributed by atoms with Crippen molar-refractivity contribution in [3.8, 4) is 23.0 Å². The van der Waals surface area contributed by atoms with Gasteiger partial charge in [0, 0.05) is 40.8 Å². The molecule has 0 spiro atoms. The molecule has 0 fully saturated rings. The summed E-state index contributed by atoms with van der Waals surface area (Å²) in [6.45, 7) is 2.61. The number of aromatic hydroxyl groups is 2. The highest BCUT2D eigenvalue weighted by Gasteiger charge is 2.29. The van der Waals surface area contributed by atoms with Gasteiger partial charge in [0.1, 0.15) is 11.5 Å². The number of carbonyl (C=O) groups is 2. The molecule has 0 unspecified atom stereocenters. The number of rotatable bonds is 8. The van der Waals surface area contributed by atoms with Gasteiger partial charge in [0.05, 0.1) is 21.0 Å². The molecule has 12 nitrogen and oxygen atoms in total. The van der Waals surface area contributed by atoms with Crippen LogP contribution in [0.2, 0.25) is 0 Å². The van der Waals surface area contributed by atoms with E-state index in [1.54, 1.807) is 36.4 Å². The average Bonchev–Trinajstić information content (AvgIpc) is 2.96. The van der Waals surface area contributed by atoms with Crippen LogP contribution < -0.4 is 9.47 Å². The second-order valence-corrected chi connectivity index (χ2v) is 8.92. The number of ether oxygens (including phenoxy) is 2. The Kier molecular flexibility index (Phi) is 7.94. The van der Waals surface area contributed by atoms with E-state index in [1.807, 2.05) is 0 Å². The molecule has 0 bridgehead atoms. The van der Waals surface area contributed by atoms with E-state index in [1.165, 1.54) is 38.1 Å². The van der Waals surface area contributed by atoms with Gasteiger partial charge in [-0.25, -0.2) is 9.59 Å². The molecule has 4 rings (SSSR count). The second kappa shape index (κ2) is 11.5. The molecule has 0 saturated heterocycles. The number of carbonyl (C=O) groups excluding carboxylic acids is 2. The first kappa shape index (κ1) is 28.2. The van der Waals surface area contributed by atoms with Crippen LogP contribution >= 0.6 is 0 Å². The highest BCUT2D eigenvalue weighted by Crippen LogP contribution is 2.44. The van der Waals surface area contributed by atoms with Crippen LogP contribution in [-0.4, -0.2) is 32.0 Å². The lowest BCUT2D eigenvalue weighted by Gasteiger charge is -2.18. The molecular weight excluding hydrogens is 536 g/mol. The summed E-state index contributed by atoms with van der Waals surface area (Å²) in [5.74, 6) is -3.58. The summed E-state index contributed by atoms with van der Waals surface area (Å²) in [7, 11) is 0. The van der Waals surface area contributed by atoms with Crippen molar-refractivity contribution in [2.24, 2.45) is 0 Å². The van der Waals surface area contributed by atoms with Crippen molar-refractivity contribution >= 4 is 23.3 Å². The molecule has 0 atom stereocenters. The zero-order valence-corrected chi connectivity index (χ0v) is 21.7. The summed E-state index contributed by atoms with van der Waals surface area (Å²) in [6, 6.07) is 17.6. The molecule has 0 aliphatic rings. The minimum atomic E-state index is -0.838. The van der Waals surface area contributed by atoms with Gasteiger partial charge in [0.25, 0.3) is 0 Å². The third-order valence-corrected chi connectivity index (χ3v) is 6.26. The standard InChI is InChI=1S/C29H22N2O10/c1-16-24(32)22(30(36)37)14-20(26(16)40-28(34)18-9-5-3-6-10-18)13-21-15-23(31(38)39)25(33)17(2)27(21)41-29(35)19-11-7-4-8-12-19/h3-12,14-15,32-33H,13H2,1-2H3. The van der Waals surface area contributed by atoms with Gasteiger partial charge in [-0.2, -0.15) is 0 Å². The largest absolute Gasteiger partial charge is 0.502 e. The summed E-state index contributed by atoms with van der Waals surface area (Å²) in [5, 5.41) is 44.4. The van der Waals surface area contributed by atoms with E-state index < -0.39 is 51.1 Å². The second-order valence-electron chi connectivity index (χ2n) is 8.92. The maximum Gasteiger partial charge on any atom is 0.343 e. The Morgan fingerprint density at radius 1 is 0.683 bits per heavy atom. The lowest BCUT2D eigenvalue weighted by Crippen LogP contribution is -2.13. The molecule has 0 aromatic heterocycles. The molecule has 0 heterocycles.